The Balaban J connectivity index is 2.37. The van der Waals surface area contributed by atoms with Gasteiger partial charge in [-0.25, -0.2) is 14.9 Å². The lowest BCUT2D eigenvalue weighted by Crippen LogP contribution is -2.12. The highest BCUT2D eigenvalue weighted by Gasteiger charge is 2.10. The van der Waals surface area contributed by atoms with Crippen LogP contribution in [0.2, 0.25) is 0 Å². The maximum absolute atomic E-state index is 11.1. The third kappa shape index (κ3) is 1.89. The third-order valence-corrected chi connectivity index (χ3v) is 3.04. The summed E-state index contributed by atoms with van der Waals surface area (Å²) in [7, 11) is 1.59. The molecule has 1 N–H and O–H groups in total. The number of hydrogen-bond donors (Lipinski definition) is 1. The Bertz CT molecular complexity index is 575. The summed E-state index contributed by atoms with van der Waals surface area (Å²) in [5, 5.41) is 7.13. The van der Waals surface area contributed by atoms with Crippen molar-refractivity contribution in [3.05, 3.63) is 34.4 Å². The number of aldehydes is 1. The van der Waals surface area contributed by atoms with Crippen LogP contribution in [0.1, 0.15) is 10.4 Å². The molecule has 0 aliphatic heterocycles. The molecule has 0 unspecified atom stereocenters. The molecular weight excluding hydrogens is 228 g/mol. The zero-order valence-electron chi connectivity index (χ0n) is 8.38. The van der Waals surface area contributed by atoms with Crippen molar-refractivity contribution < 1.29 is 4.79 Å². The number of H-pyrrole nitrogens is 1. The van der Waals surface area contributed by atoms with Gasteiger partial charge in [0.2, 0.25) is 0 Å². The fourth-order valence-corrected chi connectivity index (χ4v) is 1.92. The molecule has 0 fully saturated rings. The van der Waals surface area contributed by atoms with Crippen LogP contribution in [0.4, 0.5) is 0 Å². The minimum atomic E-state index is -0.300. The van der Waals surface area contributed by atoms with Crippen molar-refractivity contribution in [2.24, 2.45) is 7.05 Å². The van der Waals surface area contributed by atoms with Gasteiger partial charge in [-0.15, -0.1) is 5.10 Å². The Hall–Kier alpha value is -1.89. The van der Waals surface area contributed by atoms with Gasteiger partial charge >= 0.3 is 5.69 Å². The van der Waals surface area contributed by atoms with Gasteiger partial charge in [-0.2, -0.15) is 0 Å². The zero-order valence-corrected chi connectivity index (χ0v) is 9.19. The van der Waals surface area contributed by atoms with Gasteiger partial charge in [-0.3, -0.25) is 9.36 Å². The van der Waals surface area contributed by atoms with Crippen LogP contribution < -0.4 is 5.69 Å². The largest absolute Gasteiger partial charge is 0.343 e. The van der Waals surface area contributed by atoms with Crippen molar-refractivity contribution in [3.8, 4) is 0 Å². The molecule has 0 aliphatic rings. The van der Waals surface area contributed by atoms with Crippen LogP contribution in [-0.2, 0) is 7.05 Å². The predicted molar refractivity (Wildman–Crippen MR) is 57.6 cm³/mol. The van der Waals surface area contributed by atoms with Crippen molar-refractivity contribution in [3.63, 3.8) is 0 Å². The number of aromatic nitrogens is 4. The number of hydrogen-bond acceptors (Lipinski definition) is 5. The number of nitrogens with one attached hydrogen (secondary N) is 1. The van der Waals surface area contributed by atoms with Gasteiger partial charge in [-0.05, 0) is 23.9 Å². The molecule has 0 bridgehead atoms. The van der Waals surface area contributed by atoms with Crippen LogP contribution >= 0.6 is 11.8 Å². The molecule has 0 amide bonds. The van der Waals surface area contributed by atoms with Gasteiger partial charge in [-0.1, -0.05) is 0 Å². The first kappa shape index (κ1) is 10.6. The van der Waals surface area contributed by atoms with Crippen LogP contribution in [0.5, 0.6) is 0 Å². The quantitative estimate of drug-likeness (QED) is 0.783. The average molecular weight is 236 g/mol. The summed E-state index contributed by atoms with van der Waals surface area (Å²) in [5.74, 6) is 0. The highest BCUT2D eigenvalue weighted by Crippen LogP contribution is 2.24. The molecule has 2 aromatic rings. The molecule has 0 aliphatic carbocycles. The first-order valence-electron chi connectivity index (χ1n) is 4.42. The summed E-state index contributed by atoms with van der Waals surface area (Å²) in [6.07, 6.45) is 2.31. The van der Waals surface area contributed by atoms with Crippen LogP contribution in [0.15, 0.2) is 33.3 Å². The van der Waals surface area contributed by atoms with Crippen molar-refractivity contribution in [1.82, 2.24) is 19.7 Å². The topological polar surface area (TPSA) is 80.6 Å². The summed E-state index contributed by atoms with van der Waals surface area (Å²) in [6, 6.07) is 3.34. The Kier molecular flexibility index (Phi) is 2.86. The molecular formula is C9H8N4O2S. The molecule has 0 aromatic carbocycles. The highest BCUT2D eigenvalue weighted by atomic mass is 32.2. The van der Waals surface area contributed by atoms with E-state index in [1.165, 1.54) is 4.57 Å². The van der Waals surface area contributed by atoms with E-state index in [-0.39, 0.29) is 5.69 Å². The van der Waals surface area contributed by atoms with Gasteiger partial charge in [0.1, 0.15) is 5.03 Å². The van der Waals surface area contributed by atoms with Crippen molar-refractivity contribution >= 4 is 18.0 Å². The molecule has 0 saturated heterocycles. The van der Waals surface area contributed by atoms with Gasteiger partial charge < -0.3 is 0 Å². The van der Waals surface area contributed by atoms with E-state index in [0.717, 1.165) is 18.0 Å². The van der Waals surface area contributed by atoms with E-state index in [1.54, 1.807) is 25.4 Å². The summed E-state index contributed by atoms with van der Waals surface area (Å²) in [4.78, 5) is 25.9. The summed E-state index contributed by atoms with van der Waals surface area (Å²) in [6.45, 7) is 0. The van der Waals surface area contributed by atoms with E-state index in [4.69, 9.17) is 0 Å². The van der Waals surface area contributed by atoms with Gasteiger partial charge in [0.15, 0.2) is 11.4 Å². The molecule has 0 spiro atoms. The molecule has 7 heteroatoms. The number of rotatable bonds is 3. The summed E-state index contributed by atoms with van der Waals surface area (Å²) < 4.78 is 1.36. The Labute approximate surface area is 94.7 Å². The SMILES string of the molecule is Cn1c(Sc2ncccc2C=O)n[nH]c1=O. The average Bonchev–Trinajstić information content (AvgIpc) is 2.62. The monoisotopic (exact) mass is 236 g/mol. The molecule has 6 nitrogen and oxygen atoms in total. The number of aromatic amines is 1. The second-order valence-corrected chi connectivity index (χ2v) is 3.94. The van der Waals surface area contributed by atoms with Crippen LogP contribution in [-0.4, -0.2) is 26.0 Å². The molecule has 2 aromatic heterocycles. The highest BCUT2D eigenvalue weighted by molar-refractivity contribution is 7.99. The normalized spacial score (nSPS) is 10.3. The Morgan fingerprint density at radius 3 is 3.00 bits per heavy atom. The molecule has 16 heavy (non-hydrogen) atoms. The molecule has 2 rings (SSSR count). The van der Waals surface area contributed by atoms with Crippen molar-refractivity contribution in [2.45, 2.75) is 10.2 Å². The summed E-state index contributed by atoms with van der Waals surface area (Å²) >= 11 is 1.16. The fourth-order valence-electron chi connectivity index (χ4n) is 1.09. The fraction of sp³-hybridized carbons (Fsp3) is 0.111. The van der Waals surface area contributed by atoms with E-state index in [2.05, 4.69) is 15.2 Å². The van der Waals surface area contributed by atoms with Crippen LogP contribution in [0, 0.1) is 0 Å². The van der Waals surface area contributed by atoms with Crippen LogP contribution in [0.3, 0.4) is 0 Å². The predicted octanol–water partition coefficient (Wildman–Crippen LogP) is 0.467. The molecule has 0 atom stereocenters. The number of nitrogens with zero attached hydrogens (tertiary/aromatic N) is 3. The van der Waals surface area contributed by atoms with Gasteiger partial charge in [0.25, 0.3) is 0 Å². The zero-order chi connectivity index (χ0) is 11.5. The second kappa shape index (κ2) is 4.31. The Morgan fingerprint density at radius 2 is 2.38 bits per heavy atom. The standard InChI is InChI=1S/C9H8N4O2S/c1-13-8(15)11-12-9(13)16-7-6(5-14)3-2-4-10-7/h2-5H,1H3,(H,11,15). The maximum Gasteiger partial charge on any atom is 0.343 e. The first-order valence-corrected chi connectivity index (χ1v) is 5.23. The summed E-state index contributed by atoms with van der Waals surface area (Å²) in [5.41, 5.74) is 0.175. The minimum Gasteiger partial charge on any atom is -0.298 e. The Morgan fingerprint density at radius 1 is 1.56 bits per heavy atom. The van der Waals surface area contributed by atoms with Crippen molar-refractivity contribution in [1.29, 1.82) is 0 Å². The van der Waals surface area contributed by atoms with Gasteiger partial charge in [0.05, 0.1) is 0 Å². The minimum absolute atomic E-state index is 0.300. The van der Waals surface area contributed by atoms with E-state index in [1.807, 2.05) is 0 Å². The maximum atomic E-state index is 11.1. The molecule has 2 heterocycles. The molecule has 0 radical (unpaired) electrons. The molecule has 82 valence electrons. The van der Waals surface area contributed by atoms with E-state index in [0.29, 0.717) is 15.7 Å². The number of carbonyl (C=O) groups is 1. The van der Waals surface area contributed by atoms with E-state index >= 15 is 0 Å². The van der Waals surface area contributed by atoms with E-state index < -0.39 is 0 Å². The smallest absolute Gasteiger partial charge is 0.298 e. The lowest BCUT2D eigenvalue weighted by Gasteiger charge is -2.00. The number of pyridine rings is 1. The van der Waals surface area contributed by atoms with Crippen molar-refractivity contribution in [2.75, 3.05) is 0 Å². The number of carbonyl (C=O) groups excluding carboxylic acids is 1. The lowest BCUT2D eigenvalue weighted by atomic mass is 10.3. The van der Waals surface area contributed by atoms with E-state index in [9.17, 15) is 9.59 Å². The lowest BCUT2D eigenvalue weighted by molar-refractivity contribution is 0.112. The first-order chi connectivity index (χ1) is 7.72. The molecule has 0 saturated carbocycles. The third-order valence-electron chi connectivity index (χ3n) is 1.95. The van der Waals surface area contributed by atoms with Gasteiger partial charge in [0, 0.05) is 18.8 Å². The van der Waals surface area contributed by atoms with Crippen LogP contribution in [0.25, 0.3) is 0 Å². The second-order valence-electron chi connectivity index (χ2n) is 2.99.